The summed E-state index contributed by atoms with van der Waals surface area (Å²) in [4.78, 5) is 6.71. The number of halogens is 1. The van der Waals surface area contributed by atoms with Crippen molar-refractivity contribution >= 4 is 11.5 Å². The van der Waals surface area contributed by atoms with E-state index in [1.165, 1.54) is 18.2 Å². The molecule has 2 aromatic heterocycles. The molecule has 1 atom stereocenters. The first-order valence-electron chi connectivity index (χ1n) is 7.28. The van der Waals surface area contributed by atoms with E-state index in [2.05, 4.69) is 15.0 Å². The van der Waals surface area contributed by atoms with Gasteiger partial charge in [-0.3, -0.25) is 0 Å². The Morgan fingerprint density at radius 3 is 3.05 bits per heavy atom. The second-order valence-corrected chi connectivity index (χ2v) is 5.47. The average molecular weight is 298 g/mol. The molecule has 0 amide bonds. The number of nitrogens with zero attached hydrogens (tertiary/aromatic N) is 4. The first-order valence-corrected chi connectivity index (χ1v) is 7.28. The Kier molecular flexibility index (Phi) is 2.96. The monoisotopic (exact) mass is 298 g/mol. The molecule has 1 saturated heterocycles. The molecule has 0 aliphatic carbocycles. The highest BCUT2D eigenvalue weighted by molar-refractivity contribution is 5.51. The minimum atomic E-state index is -0.334. The zero-order valence-corrected chi connectivity index (χ0v) is 11.9. The number of hydrogen-bond donors (Lipinski definition) is 1. The Balaban J connectivity index is 1.75. The molecule has 3 heterocycles. The number of benzene rings is 1. The summed E-state index contributed by atoms with van der Waals surface area (Å²) in [5.74, 6) is 0.613. The van der Waals surface area contributed by atoms with E-state index in [4.69, 9.17) is 0 Å². The molecule has 1 fully saturated rings. The molecule has 0 saturated carbocycles. The lowest BCUT2D eigenvalue weighted by Crippen LogP contribution is -2.24. The summed E-state index contributed by atoms with van der Waals surface area (Å²) >= 11 is 0. The minimum Gasteiger partial charge on any atom is -0.508 e. The van der Waals surface area contributed by atoms with Crippen LogP contribution < -0.4 is 4.90 Å². The normalized spacial score (nSPS) is 18.2. The molecule has 112 valence electrons. The van der Waals surface area contributed by atoms with Crippen molar-refractivity contribution in [2.45, 2.75) is 18.9 Å². The molecular weight excluding hydrogens is 283 g/mol. The summed E-state index contributed by atoms with van der Waals surface area (Å²) in [7, 11) is 0. The van der Waals surface area contributed by atoms with Gasteiger partial charge < -0.3 is 10.0 Å². The van der Waals surface area contributed by atoms with Gasteiger partial charge >= 0.3 is 0 Å². The van der Waals surface area contributed by atoms with Crippen molar-refractivity contribution in [1.82, 2.24) is 14.6 Å². The van der Waals surface area contributed by atoms with Crippen molar-refractivity contribution < 1.29 is 9.50 Å². The van der Waals surface area contributed by atoms with Crippen molar-refractivity contribution in [3.8, 4) is 5.75 Å². The van der Waals surface area contributed by atoms with E-state index in [1.807, 2.05) is 18.3 Å². The summed E-state index contributed by atoms with van der Waals surface area (Å²) in [5.41, 5.74) is 1.39. The predicted octanol–water partition coefficient (Wildman–Crippen LogP) is 2.92. The zero-order chi connectivity index (χ0) is 15.1. The van der Waals surface area contributed by atoms with Crippen LogP contribution in [0.3, 0.4) is 0 Å². The van der Waals surface area contributed by atoms with Gasteiger partial charge in [-0.05, 0) is 37.1 Å². The molecule has 22 heavy (non-hydrogen) atoms. The SMILES string of the molecule is Oc1ccc(F)cc1C1CCCN1c1ccn2nccc2n1. The number of aromatic nitrogens is 3. The Morgan fingerprint density at radius 1 is 1.23 bits per heavy atom. The molecule has 1 aromatic carbocycles. The van der Waals surface area contributed by atoms with Crippen LogP contribution in [0.25, 0.3) is 5.65 Å². The van der Waals surface area contributed by atoms with Crippen LogP contribution in [0.4, 0.5) is 10.2 Å². The van der Waals surface area contributed by atoms with Crippen molar-refractivity contribution in [2.24, 2.45) is 0 Å². The van der Waals surface area contributed by atoms with Gasteiger partial charge in [-0.1, -0.05) is 0 Å². The number of phenolic OH excluding ortho intramolecular Hbond substituents is 1. The molecule has 1 N–H and O–H groups in total. The van der Waals surface area contributed by atoms with Crippen LogP contribution in [-0.4, -0.2) is 26.2 Å². The molecule has 1 aliphatic heterocycles. The van der Waals surface area contributed by atoms with E-state index >= 15 is 0 Å². The third-order valence-corrected chi connectivity index (χ3v) is 4.14. The van der Waals surface area contributed by atoms with Gasteiger partial charge in [-0.15, -0.1) is 0 Å². The summed E-state index contributed by atoms with van der Waals surface area (Å²) in [6, 6.07) is 7.77. The molecular formula is C16H15FN4O. The van der Waals surface area contributed by atoms with E-state index in [9.17, 15) is 9.50 Å². The maximum absolute atomic E-state index is 13.5. The zero-order valence-electron chi connectivity index (χ0n) is 11.9. The van der Waals surface area contributed by atoms with Crippen LogP contribution in [0.15, 0.2) is 42.7 Å². The van der Waals surface area contributed by atoms with E-state index in [0.29, 0.717) is 5.56 Å². The molecule has 1 aliphatic rings. The smallest absolute Gasteiger partial charge is 0.157 e. The summed E-state index contributed by atoms with van der Waals surface area (Å²) < 4.78 is 15.2. The summed E-state index contributed by atoms with van der Waals surface area (Å²) in [5, 5.41) is 14.2. The second-order valence-electron chi connectivity index (χ2n) is 5.47. The Labute approximate surface area is 126 Å². The molecule has 5 nitrogen and oxygen atoms in total. The van der Waals surface area contributed by atoms with Crippen molar-refractivity contribution in [1.29, 1.82) is 0 Å². The molecule has 3 aromatic rings. The first-order chi connectivity index (χ1) is 10.7. The fraction of sp³-hybridized carbons (Fsp3) is 0.250. The fourth-order valence-corrected chi connectivity index (χ4v) is 3.12. The van der Waals surface area contributed by atoms with Gasteiger partial charge in [0.05, 0.1) is 12.2 Å². The number of phenols is 1. The number of hydrogen-bond acceptors (Lipinski definition) is 4. The van der Waals surface area contributed by atoms with Crippen LogP contribution in [0.1, 0.15) is 24.4 Å². The lowest BCUT2D eigenvalue weighted by molar-refractivity contribution is 0.458. The van der Waals surface area contributed by atoms with E-state index in [0.717, 1.165) is 30.9 Å². The van der Waals surface area contributed by atoms with Crippen LogP contribution in [0.2, 0.25) is 0 Å². The Bertz CT molecular complexity index is 832. The minimum absolute atomic E-state index is 0.0615. The van der Waals surface area contributed by atoms with Gasteiger partial charge in [-0.2, -0.15) is 5.10 Å². The maximum atomic E-state index is 13.5. The number of aromatic hydroxyl groups is 1. The first kappa shape index (κ1) is 13.1. The van der Waals surface area contributed by atoms with Crippen LogP contribution >= 0.6 is 0 Å². The van der Waals surface area contributed by atoms with Crippen LogP contribution in [-0.2, 0) is 0 Å². The Morgan fingerprint density at radius 2 is 2.14 bits per heavy atom. The van der Waals surface area contributed by atoms with Crippen molar-refractivity contribution in [2.75, 3.05) is 11.4 Å². The number of fused-ring (bicyclic) bond motifs is 1. The number of rotatable bonds is 2. The highest BCUT2D eigenvalue weighted by Crippen LogP contribution is 2.39. The van der Waals surface area contributed by atoms with E-state index in [-0.39, 0.29) is 17.6 Å². The summed E-state index contributed by atoms with van der Waals surface area (Å²) in [6.45, 7) is 0.831. The molecule has 0 spiro atoms. The van der Waals surface area contributed by atoms with Crippen molar-refractivity contribution in [3.63, 3.8) is 0 Å². The summed E-state index contributed by atoms with van der Waals surface area (Å²) in [6.07, 6.45) is 5.40. The molecule has 4 rings (SSSR count). The van der Waals surface area contributed by atoms with Crippen LogP contribution in [0.5, 0.6) is 5.75 Å². The van der Waals surface area contributed by atoms with Gasteiger partial charge in [0.1, 0.15) is 17.4 Å². The lowest BCUT2D eigenvalue weighted by Gasteiger charge is -2.26. The largest absolute Gasteiger partial charge is 0.508 e. The van der Waals surface area contributed by atoms with E-state index < -0.39 is 0 Å². The van der Waals surface area contributed by atoms with Crippen LogP contribution in [0, 0.1) is 5.82 Å². The molecule has 6 heteroatoms. The molecule has 1 unspecified atom stereocenters. The van der Waals surface area contributed by atoms with Gasteiger partial charge in [-0.25, -0.2) is 13.9 Å². The average Bonchev–Trinajstić information content (AvgIpc) is 3.17. The maximum Gasteiger partial charge on any atom is 0.157 e. The second kappa shape index (κ2) is 4.98. The van der Waals surface area contributed by atoms with Gasteiger partial charge in [0, 0.05) is 24.4 Å². The molecule has 0 bridgehead atoms. The van der Waals surface area contributed by atoms with Crippen molar-refractivity contribution in [3.05, 3.63) is 54.1 Å². The number of anilines is 1. The predicted molar refractivity (Wildman–Crippen MR) is 80.4 cm³/mol. The van der Waals surface area contributed by atoms with E-state index in [1.54, 1.807) is 10.7 Å². The molecule has 0 radical (unpaired) electrons. The quantitative estimate of drug-likeness (QED) is 0.790. The van der Waals surface area contributed by atoms with Gasteiger partial charge in [0.2, 0.25) is 0 Å². The highest BCUT2D eigenvalue weighted by Gasteiger charge is 2.29. The highest BCUT2D eigenvalue weighted by atomic mass is 19.1. The topological polar surface area (TPSA) is 53.7 Å². The Hall–Kier alpha value is -2.63. The van der Waals surface area contributed by atoms with Gasteiger partial charge in [0.15, 0.2) is 5.65 Å². The standard InChI is InChI=1S/C16H15FN4O/c17-11-3-4-14(22)12(10-11)13-2-1-8-20(13)15-6-9-21-16(19-15)5-7-18-21/h3-7,9-10,13,22H,1-2,8H2. The lowest BCUT2D eigenvalue weighted by atomic mass is 10.0. The third kappa shape index (κ3) is 2.07. The fourth-order valence-electron chi connectivity index (χ4n) is 3.12. The van der Waals surface area contributed by atoms with Gasteiger partial charge in [0.25, 0.3) is 0 Å². The third-order valence-electron chi connectivity index (χ3n) is 4.14.